The van der Waals surface area contributed by atoms with E-state index in [1.165, 1.54) is 32.1 Å². The molecular weight excluding hydrogens is 287 g/mol. The summed E-state index contributed by atoms with van der Waals surface area (Å²) in [6.07, 6.45) is 6.34. The second-order valence-electron chi connectivity index (χ2n) is 8.18. The van der Waals surface area contributed by atoms with Gasteiger partial charge in [0, 0.05) is 0 Å². The molecule has 4 aliphatic rings. The number of hydrogen-bond donors (Lipinski definition) is 1. The number of carbonyl (C=O) groups excluding carboxylic acids is 1. The predicted octanol–water partition coefficient (Wildman–Crippen LogP) is 2.88. The first kappa shape index (κ1) is 15.3. The fourth-order valence-electron chi connectivity index (χ4n) is 5.44. The van der Waals surface area contributed by atoms with Gasteiger partial charge in [-0.15, -0.1) is 0 Å². The quantitative estimate of drug-likeness (QED) is 0.689. The van der Waals surface area contributed by atoms with E-state index >= 15 is 0 Å². The molecule has 4 saturated carbocycles. The number of benzene rings is 1. The summed E-state index contributed by atoms with van der Waals surface area (Å²) in [5.41, 5.74) is 1.12. The van der Waals surface area contributed by atoms with E-state index in [1.807, 2.05) is 0 Å². The van der Waals surface area contributed by atoms with Gasteiger partial charge in [0.25, 0.3) is 0 Å². The van der Waals surface area contributed by atoms with Crippen LogP contribution in [0, 0.1) is 23.7 Å². The Kier molecular flexibility index (Phi) is 3.56. The molecule has 1 aromatic carbocycles. The van der Waals surface area contributed by atoms with Crippen molar-refractivity contribution >= 4 is 18.3 Å². The lowest BCUT2D eigenvalue weighted by molar-refractivity contribution is -0.165. The van der Waals surface area contributed by atoms with E-state index < -0.39 is 6.92 Å². The van der Waals surface area contributed by atoms with E-state index in [-0.39, 0.29) is 11.6 Å². The maximum absolute atomic E-state index is 12.6. The first-order valence-corrected chi connectivity index (χ1v) is 8.97. The Morgan fingerprint density at radius 2 is 1.61 bits per heavy atom. The van der Waals surface area contributed by atoms with Crippen LogP contribution < -0.4 is 5.46 Å². The number of rotatable bonds is 3. The first-order chi connectivity index (χ1) is 11.0. The average molecular weight is 312 g/mol. The van der Waals surface area contributed by atoms with Crippen molar-refractivity contribution in [1.29, 1.82) is 0 Å². The number of ether oxygens (including phenoxy) is 1. The van der Waals surface area contributed by atoms with E-state index in [2.05, 4.69) is 6.92 Å². The van der Waals surface area contributed by atoms with Gasteiger partial charge in [0.05, 0.1) is 5.56 Å². The van der Waals surface area contributed by atoms with Crippen LogP contribution in [0.25, 0.3) is 0 Å². The summed E-state index contributed by atoms with van der Waals surface area (Å²) >= 11 is 0. The zero-order valence-corrected chi connectivity index (χ0v) is 14.0. The third-order valence-electron chi connectivity index (χ3n) is 6.70. The minimum absolute atomic E-state index is 0.211. The van der Waals surface area contributed by atoms with Crippen LogP contribution in [-0.2, 0) is 4.74 Å². The monoisotopic (exact) mass is 312 g/mol. The van der Waals surface area contributed by atoms with Crippen molar-refractivity contribution in [3.63, 3.8) is 0 Å². The zero-order chi connectivity index (χ0) is 16.2. The maximum Gasteiger partial charge on any atom is 0.338 e. The fraction of sp³-hybridized carbons (Fsp3) is 0.632. The van der Waals surface area contributed by atoms with Gasteiger partial charge in [0.2, 0.25) is 0 Å². The summed E-state index contributed by atoms with van der Waals surface area (Å²) in [4.78, 5) is 12.6. The van der Waals surface area contributed by atoms with Crippen LogP contribution in [0.1, 0.15) is 49.4 Å². The molecule has 0 saturated heterocycles. The number of hydrogen-bond acceptors (Lipinski definition) is 3. The van der Waals surface area contributed by atoms with E-state index in [0.29, 0.717) is 17.4 Å². The normalized spacial score (nSPS) is 37.7. The van der Waals surface area contributed by atoms with Gasteiger partial charge in [0.1, 0.15) is 5.60 Å². The predicted molar refractivity (Wildman–Crippen MR) is 90.8 cm³/mol. The van der Waals surface area contributed by atoms with E-state index in [4.69, 9.17) is 4.74 Å². The SMILES string of the molecule is CB(O)c1ccc(C(=O)OC2(C)C3CC4CC(C3)CC2C4)cc1. The van der Waals surface area contributed by atoms with Crippen molar-refractivity contribution in [2.45, 2.75) is 51.5 Å². The van der Waals surface area contributed by atoms with Gasteiger partial charge in [-0.1, -0.05) is 19.0 Å². The van der Waals surface area contributed by atoms with Crippen molar-refractivity contribution < 1.29 is 14.6 Å². The summed E-state index contributed by atoms with van der Waals surface area (Å²) < 4.78 is 6.10. The van der Waals surface area contributed by atoms with Crippen LogP contribution in [-0.4, -0.2) is 23.5 Å². The molecule has 122 valence electrons. The molecule has 4 bridgehead atoms. The molecule has 0 heterocycles. The third kappa shape index (κ3) is 2.51. The van der Waals surface area contributed by atoms with Crippen LogP contribution in [0.2, 0.25) is 6.82 Å². The summed E-state index contributed by atoms with van der Waals surface area (Å²) in [5, 5.41) is 9.58. The molecule has 0 atom stereocenters. The van der Waals surface area contributed by atoms with Gasteiger partial charge >= 0.3 is 12.9 Å². The van der Waals surface area contributed by atoms with Crippen molar-refractivity contribution in [3.05, 3.63) is 29.8 Å². The molecule has 4 heteroatoms. The van der Waals surface area contributed by atoms with Gasteiger partial charge in [-0.05, 0) is 80.3 Å². The van der Waals surface area contributed by atoms with Crippen LogP contribution in [0.5, 0.6) is 0 Å². The second-order valence-corrected chi connectivity index (χ2v) is 8.18. The van der Waals surface area contributed by atoms with Crippen LogP contribution in [0.3, 0.4) is 0 Å². The lowest BCUT2D eigenvalue weighted by atomic mass is 9.50. The zero-order valence-electron chi connectivity index (χ0n) is 14.0. The Morgan fingerprint density at radius 3 is 2.09 bits per heavy atom. The standard InChI is InChI=1S/C19H25BO3/c1-19(15-8-12-7-13(10-15)11-16(19)9-12)23-18(21)14-3-5-17(6-4-14)20(2)22/h3-6,12-13,15-16,22H,7-11H2,1-2H3. The molecule has 4 aliphatic carbocycles. The van der Waals surface area contributed by atoms with Crippen molar-refractivity contribution in [2.24, 2.45) is 23.7 Å². The van der Waals surface area contributed by atoms with Gasteiger partial charge in [-0.25, -0.2) is 4.79 Å². The first-order valence-electron chi connectivity index (χ1n) is 8.97. The topological polar surface area (TPSA) is 46.5 Å². The van der Waals surface area contributed by atoms with Crippen molar-refractivity contribution in [1.82, 2.24) is 0 Å². The highest BCUT2D eigenvalue weighted by atomic mass is 16.6. The smallest absolute Gasteiger partial charge is 0.338 e. The molecular formula is C19H25BO3. The highest BCUT2D eigenvalue weighted by molar-refractivity contribution is 6.64. The number of carbonyl (C=O) groups is 1. The molecule has 23 heavy (non-hydrogen) atoms. The van der Waals surface area contributed by atoms with E-state index in [0.717, 1.165) is 17.3 Å². The van der Waals surface area contributed by atoms with Gasteiger partial charge in [0.15, 0.2) is 0 Å². The van der Waals surface area contributed by atoms with Crippen LogP contribution in [0.4, 0.5) is 0 Å². The van der Waals surface area contributed by atoms with Crippen molar-refractivity contribution in [2.75, 3.05) is 0 Å². The number of esters is 1. The Morgan fingerprint density at radius 1 is 1.09 bits per heavy atom. The van der Waals surface area contributed by atoms with Gasteiger partial charge in [-0.3, -0.25) is 0 Å². The Labute approximate surface area is 138 Å². The molecule has 1 N–H and O–H groups in total. The Balaban J connectivity index is 1.52. The Bertz CT molecular complexity index is 580. The maximum atomic E-state index is 12.6. The molecule has 4 fully saturated rings. The summed E-state index contributed by atoms with van der Waals surface area (Å²) in [7, 11) is 0. The third-order valence-corrected chi connectivity index (χ3v) is 6.70. The highest BCUT2D eigenvalue weighted by Gasteiger charge is 2.57. The molecule has 0 amide bonds. The molecule has 0 radical (unpaired) electrons. The molecule has 0 aromatic heterocycles. The minimum atomic E-state index is -0.512. The van der Waals surface area contributed by atoms with Crippen molar-refractivity contribution in [3.8, 4) is 0 Å². The largest absolute Gasteiger partial charge is 0.455 e. The fourth-order valence-corrected chi connectivity index (χ4v) is 5.44. The summed E-state index contributed by atoms with van der Waals surface area (Å²) in [5.74, 6) is 2.61. The van der Waals surface area contributed by atoms with E-state index in [9.17, 15) is 9.82 Å². The second kappa shape index (κ2) is 5.37. The molecule has 5 rings (SSSR count). The Hall–Kier alpha value is -1.29. The molecule has 0 unspecified atom stereocenters. The lowest BCUT2D eigenvalue weighted by Crippen LogP contribution is -2.58. The van der Waals surface area contributed by atoms with E-state index in [1.54, 1.807) is 31.1 Å². The summed E-state index contributed by atoms with van der Waals surface area (Å²) in [6, 6.07) is 7.15. The lowest BCUT2D eigenvalue weighted by Gasteiger charge is -2.59. The minimum Gasteiger partial charge on any atom is -0.455 e. The highest BCUT2D eigenvalue weighted by Crippen LogP contribution is 2.59. The van der Waals surface area contributed by atoms with Gasteiger partial charge < -0.3 is 9.76 Å². The average Bonchev–Trinajstić information content (AvgIpc) is 2.52. The van der Waals surface area contributed by atoms with Crippen LogP contribution >= 0.6 is 0 Å². The molecule has 3 nitrogen and oxygen atoms in total. The molecule has 0 aliphatic heterocycles. The molecule has 1 aromatic rings. The summed E-state index contributed by atoms with van der Waals surface area (Å²) in [6.45, 7) is 3.38. The van der Waals surface area contributed by atoms with Crippen LogP contribution in [0.15, 0.2) is 24.3 Å². The van der Waals surface area contributed by atoms with Gasteiger partial charge in [-0.2, -0.15) is 0 Å². The molecule has 0 spiro atoms.